The fraction of sp³-hybridized carbons (Fsp3) is 0.450. The van der Waals surface area contributed by atoms with Gasteiger partial charge in [-0.2, -0.15) is 0 Å². The molecule has 0 saturated carbocycles. The number of aromatic nitrogens is 1. The zero-order valence-corrected chi connectivity index (χ0v) is 16.5. The van der Waals surface area contributed by atoms with E-state index in [-0.39, 0.29) is 11.9 Å². The Morgan fingerprint density at radius 1 is 1.08 bits per heavy atom. The highest BCUT2D eigenvalue weighted by Gasteiger charge is 2.24. The molecular formula is C20H28N2O4. The molecule has 1 aliphatic rings. The Kier molecular flexibility index (Phi) is 8.55. The highest BCUT2D eigenvalue weighted by molar-refractivity contribution is 5.73. The Balaban J connectivity index is 0.000000791. The molecule has 1 aromatic carbocycles. The van der Waals surface area contributed by atoms with Crippen molar-refractivity contribution in [3.63, 3.8) is 0 Å². The van der Waals surface area contributed by atoms with Crippen molar-refractivity contribution in [3.05, 3.63) is 35.7 Å². The van der Waals surface area contributed by atoms with Crippen molar-refractivity contribution in [1.82, 2.24) is 9.88 Å². The summed E-state index contributed by atoms with van der Waals surface area (Å²) in [5.41, 5.74) is 1.61. The van der Waals surface area contributed by atoms with Crippen molar-refractivity contribution >= 4 is 11.9 Å². The lowest BCUT2D eigenvalue weighted by Gasteiger charge is -2.23. The second-order valence-corrected chi connectivity index (χ2v) is 5.20. The summed E-state index contributed by atoms with van der Waals surface area (Å²) < 4.78 is 10.8. The molecule has 0 unspecified atom stereocenters. The van der Waals surface area contributed by atoms with E-state index in [1.165, 1.54) is 6.92 Å². The summed E-state index contributed by atoms with van der Waals surface area (Å²) >= 11 is 0. The Labute approximate surface area is 155 Å². The van der Waals surface area contributed by atoms with Crippen LogP contribution in [0.15, 0.2) is 28.7 Å². The Morgan fingerprint density at radius 2 is 1.69 bits per heavy atom. The minimum atomic E-state index is -0.358. The Morgan fingerprint density at radius 3 is 2.23 bits per heavy atom. The molecule has 0 spiro atoms. The number of fused-ring (bicyclic) bond motifs is 1. The van der Waals surface area contributed by atoms with Crippen LogP contribution < -0.4 is 4.74 Å². The van der Waals surface area contributed by atoms with E-state index in [0.29, 0.717) is 31.2 Å². The van der Waals surface area contributed by atoms with E-state index < -0.39 is 0 Å². The third kappa shape index (κ3) is 5.44. The lowest BCUT2D eigenvalue weighted by molar-refractivity contribution is -0.132. The maximum absolute atomic E-state index is 11.4. The Bertz CT molecular complexity index is 720. The summed E-state index contributed by atoms with van der Waals surface area (Å²) in [6.45, 7) is 12.1. The van der Waals surface area contributed by atoms with Crippen LogP contribution in [0.25, 0.3) is 11.5 Å². The molecule has 0 saturated heterocycles. The van der Waals surface area contributed by atoms with E-state index in [4.69, 9.17) is 9.15 Å². The van der Waals surface area contributed by atoms with E-state index in [1.54, 1.807) is 36.1 Å². The van der Waals surface area contributed by atoms with Gasteiger partial charge in [-0.15, -0.1) is 0 Å². The van der Waals surface area contributed by atoms with Crippen molar-refractivity contribution in [3.8, 4) is 17.2 Å². The number of ether oxygens (including phenoxy) is 1. The number of hydrogen-bond donors (Lipinski definition) is 0. The molecule has 3 rings (SSSR count). The molecule has 2 heterocycles. The molecule has 0 atom stereocenters. The van der Waals surface area contributed by atoms with Crippen LogP contribution in [0.1, 0.15) is 53.0 Å². The fourth-order valence-electron chi connectivity index (χ4n) is 2.42. The second-order valence-electron chi connectivity index (χ2n) is 5.20. The van der Waals surface area contributed by atoms with Crippen molar-refractivity contribution in [2.45, 2.75) is 54.5 Å². The number of carbonyl (C=O) groups is 2. The van der Waals surface area contributed by atoms with Gasteiger partial charge in [0.25, 0.3) is 0 Å². The summed E-state index contributed by atoms with van der Waals surface area (Å²) in [5, 5.41) is 0. The first-order valence-electron chi connectivity index (χ1n) is 9.06. The van der Waals surface area contributed by atoms with Gasteiger partial charge in [0, 0.05) is 32.4 Å². The monoisotopic (exact) mass is 360 g/mol. The van der Waals surface area contributed by atoms with Crippen LogP contribution in [0.3, 0.4) is 0 Å². The highest BCUT2D eigenvalue weighted by atomic mass is 16.5. The molecule has 0 fully saturated rings. The van der Waals surface area contributed by atoms with Crippen LogP contribution in [0.2, 0.25) is 0 Å². The first-order chi connectivity index (χ1) is 12.5. The van der Waals surface area contributed by atoms with E-state index >= 15 is 0 Å². The molecule has 1 aromatic heterocycles. The van der Waals surface area contributed by atoms with Crippen LogP contribution >= 0.6 is 0 Å². The number of oxazole rings is 1. The molecule has 0 N–H and O–H groups in total. The molecule has 0 radical (unpaired) electrons. The van der Waals surface area contributed by atoms with Gasteiger partial charge in [-0.3, -0.25) is 9.59 Å². The topological polar surface area (TPSA) is 72.6 Å². The van der Waals surface area contributed by atoms with Crippen LogP contribution in [-0.2, 0) is 22.6 Å². The van der Waals surface area contributed by atoms with Gasteiger partial charge >= 0.3 is 5.97 Å². The van der Waals surface area contributed by atoms with Gasteiger partial charge in [-0.1, -0.05) is 27.7 Å². The fourth-order valence-corrected chi connectivity index (χ4v) is 2.42. The zero-order chi connectivity index (χ0) is 19.7. The average molecular weight is 360 g/mol. The predicted octanol–water partition coefficient (Wildman–Crippen LogP) is 4.22. The first-order valence-corrected chi connectivity index (χ1v) is 9.06. The number of amides is 1. The third-order valence-electron chi connectivity index (χ3n) is 3.54. The second kappa shape index (κ2) is 10.4. The normalized spacial score (nSPS) is 12.0. The van der Waals surface area contributed by atoms with Crippen molar-refractivity contribution in [1.29, 1.82) is 0 Å². The van der Waals surface area contributed by atoms with E-state index in [1.807, 2.05) is 27.7 Å². The van der Waals surface area contributed by atoms with E-state index in [0.717, 1.165) is 17.0 Å². The quantitative estimate of drug-likeness (QED) is 0.592. The molecular weight excluding hydrogens is 332 g/mol. The number of hydrogen-bond acceptors (Lipinski definition) is 5. The molecule has 6 nitrogen and oxygen atoms in total. The van der Waals surface area contributed by atoms with Gasteiger partial charge in [0.1, 0.15) is 17.2 Å². The van der Waals surface area contributed by atoms with Gasteiger partial charge < -0.3 is 14.1 Å². The zero-order valence-electron chi connectivity index (χ0n) is 16.5. The minimum absolute atomic E-state index is 0.0425. The maximum Gasteiger partial charge on any atom is 0.308 e. The molecule has 0 bridgehead atoms. The average Bonchev–Trinajstić information content (AvgIpc) is 3.08. The van der Waals surface area contributed by atoms with Crippen LogP contribution in [-0.4, -0.2) is 28.3 Å². The molecule has 26 heavy (non-hydrogen) atoms. The van der Waals surface area contributed by atoms with Crippen LogP contribution in [0.5, 0.6) is 5.75 Å². The lowest BCUT2D eigenvalue weighted by Crippen LogP contribution is -2.33. The first kappa shape index (κ1) is 21.4. The summed E-state index contributed by atoms with van der Waals surface area (Å²) in [6.07, 6.45) is 0.674. The standard InChI is InChI=1S/C16H16N2O4.2C2H6/c1-10(19)18-8-7-15-14(9-18)17-16(22-15)12-3-5-13(6-4-12)21-11(2)20;2*1-2/h3-6H,7-9H2,1-2H3;2*1-2H3. The molecule has 6 heteroatoms. The van der Waals surface area contributed by atoms with Gasteiger partial charge in [0.05, 0.1) is 6.54 Å². The number of carbonyl (C=O) groups excluding carboxylic acids is 2. The summed E-state index contributed by atoms with van der Waals surface area (Å²) in [7, 11) is 0. The van der Waals surface area contributed by atoms with Gasteiger partial charge in [-0.05, 0) is 24.3 Å². The van der Waals surface area contributed by atoms with Gasteiger partial charge in [0.2, 0.25) is 11.8 Å². The van der Waals surface area contributed by atoms with Crippen molar-refractivity contribution < 1.29 is 18.7 Å². The molecule has 142 valence electrons. The van der Waals surface area contributed by atoms with Gasteiger partial charge in [0.15, 0.2) is 0 Å². The van der Waals surface area contributed by atoms with Gasteiger partial charge in [-0.25, -0.2) is 4.98 Å². The van der Waals surface area contributed by atoms with Crippen molar-refractivity contribution in [2.75, 3.05) is 6.54 Å². The summed E-state index contributed by atoms with van der Waals surface area (Å²) in [6, 6.07) is 6.97. The Hall–Kier alpha value is -2.63. The predicted molar refractivity (Wildman–Crippen MR) is 101 cm³/mol. The van der Waals surface area contributed by atoms with Crippen LogP contribution in [0.4, 0.5) is 0 Å². The minimum Gasteiger partial charge on any atom is -0.441 e. The molecule has 0 aliphatic carbocycles. The SMILES string of the molecule is CC.CC.CC(=O)Oc1ccc(-c2nc3c(o2)CCN(C(C)=O)C3)cc1. The molecule has 1 amide bonds. The lowest BCUT2D eigenvalue weighted by atomic mass is 10.1. The highest BCUT2D eigenvalue weighted by Crippen LogP contribution is 2.27. The smallest absolute Gasteiger partial charge is 0.308 e. The van der Waals surface area contributed by atoms with Crippen LogP contribution in [0, 0.1) is 0 Å². The number of rotatable bonds is 2. The summed E-state index contributed by atoms with van der Waals surface area (Å²) in [4.78, 5) is 28.6. The van der Waals surface area contributed by atoms with Crippen molar-refractivity contribution in [2.24, 2.45) is 0 Å². The maximum atomic E-state index is 11.4. The number of benzene rings is 1. The largest absolute Gasteiger partial charge is 0.441 e. The number of nitrogens with zero attached hydrogens (tertiary/aromatic N) is 2. The van der Waals surface area contributed by atoms with E-state index in [9.17, 15) is 9.59 Å². The number of esters is 1. The molecule has 1 aliphatic heterocycles. The molecule has 2 aromatic rings. The third-order valence-corrected chi connectivity index (χ3v) is 3.54. The summed E-state index contributed by atoms with van der Waals surface area (Å²) in [5.74, 6) is 1.52. The van der Waals surface area contributed by atoms with E-state index in [2.05, 4.69) is 4.98 Å².